The number of hydrogen-bond donors (Lipinski definition) is 1. The number of halogens is 4. The van der Waals surface area contributed by atoms with Gasteiger partial charge in [-0.25, -0.2) is 13.2 Å². The monoisotopic (exact) mass is 299 g/mol. The number of amides is 1. The van der Waals surface area contributed by atoms with Crippen molar-refractivity contribution in [2.75, 3.05) is 5.32 Å². The molecule has 1 N–H and O–H groups in total. The van der Waals surface area contributed by atoms with Crippen molar-refractivity contribution < 1.29 is 18.0 Å². The van der Waals surface area contributed by atoms with E-state index in [-0.39, 0.29) is 5.56 Å². The number of anilines is 1. The third-order valence-corrected chi connectivity index (χ3v) is 2.96. The van der Waals surface area contributed by atoms with Crippen LogP contribution in [-0.4, -0.2) is 5.91 Å². The molecule has 0 bridgehead atoms. The Labute approximate surface area is 118 Å². The summed E-state index contributed by atoms with van der Waals surface area (Å²) in [6.07, 6.45) is 0. The molecule has 0 aromatic heterocycles. The standard InChI is InChI=1S/C14H9ClF3NO/c15-7-8-1-3-9(4-2-8)14(20)19-11-6-5-10(16)12(17)13(11)18/h1-6H,7H2,(H,19,20). The van der Waals surface area contributed by atoms with Gasteiger partial charge >= 0.3 is 0 Å². The second kappa shape index (κ2) is 5.96. The minimum absolute atomic E-state index is 0.253. The normalized spacial score (nSPS) is 10.4. The molecule has 0 saturated carbocycles. The summed E-state index contributed by atoms with van der Waals surface area (Å²) in [5, 5.41) is 2.18. The third-order valence-electron chi connectivity index (χ3n) is 2.65. The van der Waals surface area contributed by atoms with E-state index in [1.807, 2.05) is 0 Å². The van der Waals surface area contributed by atoms with Crippen LogP contribution in [0.2, 0.25) is 0 Å². The van der Waals surface area contributed by atoms with Gasteiger partial charge in [-0.15, -0.1) is 11.6 Å². The van der Waals surface area contributed by atoms with Crippen LogP contribution in [0.15, 0.2) is 36.4 Å². The second-order valence-corrected chi connectivity index (χ2v) is 4.27. The Balaban J connectivity index is 2.21. The van der Waals surface area contributed by atoms with Crippen molar-refractivity contribution in [3.8, 4) is 0 Å². The molecular weight excluding hydrogens is 291 g/mol. The van der Waals surface area contributed by atoms with Crippen molar-refractivity contribution in [2.24, 2.45) is 0 Å². The summed E-state index contributed by atoms with van der Waals surface area (Å²) >= 11 is 5.61. The van der Waals surface area contributed by atoms with Crippen LogP contribution < -0.4 is 5.32 Å². The molecule has 0 unspecified atom stereocenters. The average molecular weight is 300 g/mol. The van der Waals surface area contributed by atoms with Gasteiger partial charge in [0.25, 0.3) is 5.91 Å². The zero-order chi connectivity index (χ0) is 14.7. The van der Waals surface area contributed by atoms with Crippen LogP contribution in [0.25, 0.3) is 0 Å². The largest absolute Gasteiger partial charge is 0.319 e. The number of carbonyl (C=O) groups is 1. The van der Waals surface area contributed by atoms with Gasteiger partial charge in [0, 0.05) is 11.4 Å². The predicted molar refractivity (Wildman–Crippen MR) is 70.3 cm³/mol. The molecule has 0 saturated heterocycles. The molecule has 20 heavy (non-hydrogen) atoms. The maximum Gasteiger partial charge on any atom is 0.255 e. The Kier molecular flexibility index (Phi) is 4.29. The maximum absolute atomic E-state index is 13.4. The van der Waals surface area contributed by atoms with Crippen molar-refractivity contribution in [3.63, 3.8) is 0 Å². The zero-order valence-corrected chi connectivity index (χ0v) is 10.8. The lowest BCUT2D eigenvalue weighted by molar-refractivity contribution is 0.102. The number of alkyl halides is 1. The molecule has 2 aromatic rings. The van der Waals surface area contributed by atoms with E-state index in [4.69, 9.17) is 11.6 Å². The molecule has 0 aliphatic carbocycles. The lowest BCUT2D eigenvalue weighted by Gasteiger charge is -2.07. The van der Waals surface area contributed by atoms with Gasteiger partial charge in [0.05, 0.1) is 5.69 Å². The van der Waals surface area contributed by atoms with Crippen molar-refractivity contribution in [1.29, 1.82) is 0 Å². The van der Waals surface area contributed by atoms with Crippen LogP contribution in [0.5, 0.6) is 0 Å². The molecule has 1 amide bonds. The summed E-state index contributed by atoms with van der Waals surface area (Å²) in [4.78, 5) is 11.8. The van der Waals surface area contributed by atoms with Gasteiger partial charge in [-0.05, 0) is 29.8 Å². The smallest absolute Gasteiger partial charge is 0.255 e. The lowest BCUT2D eigenvalue weighted by Crippen LogP contribution is -2.13. The Morgan fingerprint density at radius 3 is 2.25 bits per heavy atom. The number of benzene rings is 2. The molecule has 104 valence electrons. The van der Waals surface area contributed by atoms with Crippen LogP contribution in [0.4, 0.5) is 18.9 Å². The van der Waals surface area contributed by atoms with Crippen molar-refractivity contribution in [2.45, 2.75) is 5.88 Å². The first-order chi connectivity index (χ1) is 9.52. The molecule has 0 radical (unpaired) electrons. The van der Waals surface area contributed by atoms with Gasteiger partial charge in [0.15, 0.2) is 17.5 Å². The van der Waals surface area contributed by atoms with Gasteiger partial charge < -0.3 is 5.32 Å². The number of nitrogens with one attached hydrogen (secondary N) is 1. The highest BCUT2D eigenvalue weighted by molar-refractivity contribution is 6.17. The van der Waals surface area contributed by atoms with Crippen molar-refractivity contribution in [3.05, 3.63) is 65.0 Å². The Morgan fingerprint density at radius 2 is 1.65 bits per heavy atom. The van der Waals surface area contributed by atoms with Gasteiger partial charge in [-0.2, -0.15) is 0 Å². The van der Waals surface area contributed by atoms with Gasteiger partial charge in [-0.1, -0.05) is 12.1 Å². The molecule has 2 nitrogen and oxygen atoms in total. The highest BCUT2D eigenvalue weighted by Crippen LogP contribution is 2.20. The number of hydrogen-bond acceptors (Lipinski definition) is 1. The fraction of sp³-hybridized carbons (Fsp3) is 0.0714. The summed E-state index contributed by atoms with van der Waals surface area (Å²) in [5.41, 5.74) is 0.653. The fourth-order valence-electron chi connectivity index (χ4n) is 1.56. The molecule has 0 heterocycles. The first-order valence-electron chi connectivity index (χ1n) is 5.62. The highest BCUT2D eigenvalue weighted by Gasteiger charge is 2.15. The summed E-state index contributed by atoms with van der Waals surface area (Å²) in [7, 11) is 0. The second-order valence-electron chi connectivity index (χ2n) is 4.01. The number of rotatable bonds is 3. The predicted octanol–water partition coefficient (Wildman–Crippen LogP) is 4.10. The maximum atomic E-state index is 13.4. The van der Waals surface area contributed by atoms with E-state index in [0.29, 0.717) is 5.88 Å². The summed E-state index contributed by atoms with van der Waals surface area (Å²) in [6, 6.07) is 7.99. The van der Waals surface area contributed by atoms with E-state index in [2.05, 4.69) is 5.32 Å². The van der Waals surface area contributed by atoms with Gasteiger partial charge in [0.2, 0.25) is 0 Å². The lowest BCUT2D eigenvalue weighted by atomic mass is 10.1. The van der Waals surface area contributed by atoms with E-state index >= 15 is 0 Å². The quantitative estimate of drug-likeness (QED) is 0.671. The molecule has 0 spiro atoms. The SMILES string of the molecule is O=C(Nc1ccc(F)c(F)c1F)c1ccc(CCl)cc1. The summed E-state index contributed by atoms with van der Waals surface area (Å²) < 4.78 is 39.2. The molecule has 0 fully saturated rings. The molecule has 2 aromatic carbocycles. The Hall–Kier alpha value is -2.01. The number of carbonyl (C=O) groups excluding carboxylic acids is 1. The van der Waals surface area contributed by atoms with Crippen LogP contribution in [-0.2, 0) is 5.88 Å². The van der Waals surface area contributed by atoms with Gasteiger partial charge in [0.1, 0.15) is 0 Å². The molecule has 2 rings (SSSR count). The minimum Gasteiger partial charge on any atom is -0.319 e. The Morgan fingerprint density at radius 1 is 1.00 bits per heavy atom. The average Bonchev–Trinajstić information content (AvgIpc) is 2.48. The summed E-state index contributed by atoms with van der Waals surface area (Å²) in [5.74, 6) is -4.70. The molecule has 0 aliphatic rings. The topological polar surface area (TPSA) is 29.1 Å². The first kappa shape index (κ1) is 14.4. The van der Waals surface area contributed by atoms with Crippen LogP contribution in [0.1, 0.15) is 15.9 Å². The molecular formula is C14H9ClF3NO. The van der Waals surface area contributed by atoms with E-state index in [0.717, 1.165) is 17.7 Å². The van der Waals surface area contributed by atoms with Crippen molar-refractivity contribution in [1.82, 2.24) is 0 Å². The van der Waals surface area contributed by atoms with E-state index < -0.39 is 29.0 Å². The molecule has 0 aliphatic heterocycles. The van der Waals surface area contributed by atoms with E-state index in [1.165, 1.54) is 12.1 Å². The van der Waals surface area contributed by atoms with Gasteiger partial charge in [-0.3, -0.25) is 4.79 Å². The highest BCUT2D eigenvalue weighted by atomic mass is 35.5. The van der Waals surface area contributed by atoms with Crippen molar-refractivity contribution >= 4 is 23.2 Å². The van der Waals surface area contributed by atoms with Crippen LogP contribution >= 0.6 is 11.6 Å². The van der Waals surface area contributed by atoms with Crippen LogP contribution in [0, 0.1) is 17.5 Å². The van der Waals surface area contributed by atoms with Crippen LogP contribution in [0.3, 0.4) is 0 Å². The first-order valence-corrected chi connectivity index (χ1v) is 6.16. The summed E-state index contributed by atoms with van der Waals surface area (Å²) in [6.45, 7) is 0. The third kappa shape index (κ3) is 2.93. The minimum atomic E-state index is -1.62. The molecule has 0 atom stereocenters. The van der Waals surface area contributed by atoms with E-state index in [9.17, 15) is 18.0 Å². The zero-order valence-electron chi connectivity index (χ0n) is 10.1. The Bertz CT molecular complexity index is 644. The van der Waals surface area contributed by atoms with E-state index in [1.54, 1.807) is 12.1 Å². The molecule has 6 heteroatoms. The fourth-order valence-corrected chi connectivity index (χ4v) is 1.74.